The Hall–Kier alpha value is -0.530. The van der Waals surface area contributed by atoms with Crippen molar-refractivity contribution < 1.29 is 0 Å². The maximum Gasteiger partial charge on any atom is 0.0111 e. The zero-order chi connectivity index (χ0) is 9.80. The van der Waals surface area contributed by atoms with E-state index in [0.29, 0.717) is 6.04 Å². The van der Waals surface area contributed by atoms with E-state index in [1.54, 1.807) is 11.1 Å². The minimum Gasteiger partial charge on any atom is -0.314 e. The normalized spacial score (nSPS) is 19.1. The highest BCUT2D eigenvalue weighted by molar-refractivity contribution is 5.85. The smallest absolute Gasteiger partial charge is 0.0111 e. The third kappa shape index (κ3) is 3.22. The summed E-state index contributed by atoms with van der Waals surface area (Å²) in [6.45, 7) is 3.39. The molecule has 0 fully saturated rings. The Morgan fingerprint density at radius 3 is 2.73 bits per heavy atom. The topological polar surface area (TPSA) is 12.0 Å². The lowest BCUT2D eigenvalue weighted by Crippen LogP contribution is -2.34. The van der Waals surface area contributed by atoms with Gasteiger partial charge in [-0.3, -0.25) is 0 Å². The zero-order valence-electron chi connectivity index (χ0n) is 9.33. The predicted molar refractivity (Wildman–Crippen MR) is 67.8 cm³/mol. The van der Waals surface area contributed by atoms with Crippen LogP contribution >= 0.6 is 12.4 Å². The third-order valence-corrected chi connectivity index (χ3v) is 3.03. The van der Waals surface area contributed by atoms with Crippen LogP contribution in [-0.4, -0.2) is 12.6 Å². The molecule has 0 saturated carbocycles. The van der Waals surface area contributed by atoms with Crippen LogP contribution in [0.25, 0.3) is 0 Å². The van der Waals surface area contributed by atoms with Gasteiger partial charge in [-0.05, 0) is 43.4 Å². The molecule has 1 N–H and O–H groups in total. The minimum atomic E-state index is 0. The van der Waals surface area contributed by atoms with E-state index in [1.165, 1.54) is 25.7 Å². The lowest BCUT2D eigenvalue weighted by Gasteiger charge is -2.25. The Bertz CT molecular complexity index is 298. The zero-order valence-corrected chi connectivity index (χ0v) is 10.1. The van der Waals surface area contributed by atoms with Crippen LogP contribution in [0.4, 0.5) is 0 Å². The van der Waals surface area contributed by atoms with Crippen molar-refractivity contribution in [1.82, 2.24) is 5.32 Å². The van der Waals surface area contributed by atoms with Gasteiger partial charge in [-0.1, -0.05) is 31.2 Å². The Kier molecular flexibility index (Phi) is 5.13. The van der Waals surface area contributed by atoms with Crippen molar-refractivity contribution >= 4 is 12.4 Å². The second-order valence-electron chi connectivity index (χ2n) is 4.16. The van der Waals surface area contributed by atoms with E-state index in [0.717, 1.165) is 6.54 Å². The van der Waals surface area contributed by atoms with Crippen LogP contribution in [0.1, 0.15) is 30.9 Å². The molecule has 2 heteroatoms. The molecule has 1 unspecified atom stereocenters. The number of benzene rings is 1. The van der Waals surface area contributed by atoms with Crippen molar-refractivity contribution in [2.24, 2.45) is 0 Å². The summed E-state index contributed by atoms with van der Waals surface area (Å²) >= 11 is 0. The van der Waals surface area contributed by atoms with Gasteiger partial charge in [0.1, 0.15) is 0 Å². The summed E-state index contributed by atoms with van der Waals surface area (Å²) in [4.78, 5) is 0. The third-order valence-electron chi connectivity index (χ3n) is 3.03. The molecule has 1 aromatic carbocycles. The number of hydrogen-bond acceptors (Lipinski definition) is 1. The van der Waals surface area contributed by atoms with Crippen molar-refractivity contribution in [1.29, 1.82) is 0 Å². The highest BCUT2D eigenvalue weighted by atomic mass is 35.5. The highest BCUT2D eigenvalue weighted by Gasteiger charge is 2.16. The molecule has 15 heavy (non-hydrogen) atoms. The number of halogens is 1. The summed E-state index contributed by atoms with van der Waals surface area (Å²) in [5, 5.41) is 3.61. The van der Waals surface area contributed by atoms with Gasteiger partial charge in [-0.2, -0.15) is 0 Å². The minimum absolute atomic E-state index is 0. The number of rotatable bonds is 3. The van der Waals surface area contributed by atoms with Gasteiger partial charge in [0.25, 0.3) is 0 Å². The highest BCUT2D eigenvalue weighted by Crippen LogP contribution is 2.20. The van der Waals surface area contributed by atoms with Crippen LogP contribution in [-0.2, 0) is 12.8 Å². The van der Waals surface area contributed by atoms with Crippen LogP contribution < -0.4 is 5.32 Å². The molecule has 1 aliphatic rings. The van der Waals surface area contributed by atoms with Gasteiger partial charge in [0.2, 0.25) is 0 Å². The fourth-order valence-corrected chi connectivity index (χ4v) is 2.22. The Labute approximate surface area is 98.7 Å². The summed E-state index contributed by atoms with van der Waals surface area (Å²) in [5.41, 5.74) is 3.11. The van der Waals surface area contributed by atoms with E-state index in [2.05, 4.69) is 36.5 Å². The van der Waals surface area contributed by atoms with Crippen molar-refractivity contribution in [2.75, 3.05) is 6.54 Å². The molecule has 1 aliphatic carbocycles. The summed E-state index contributed by atoms with van der Waals surface area (Å²) in [7, 11) is 0. The van der Waals surface area contributed by atoms with Gasteiger partial charge in [0.05, 0.1) is 0 Å². The molecule has 0 aliphatic heterocycles. The fraction of sp³-hybridized carbons (Fsp3) is 0.538. The second-order valence-corrected chi connectivity index (χ2v) is 4.16. The first-order chi connectivity index (χ1) is 6.90. The average Bonchev–Trinajstić information content (AvgIpc) is 2.26. The molecule has 0 radical (unpaired) electrons. The maximum atomic E-state index is 3.61. The quantitative estimate of drug-likeness (QED) is 0.834. The number of fused-ring (bicyclic) bond motifs is 1. The van der Waals surface area contributed by atoms with Crippen LogP contribution in [0.3, 0.4) is 0 Å². The van der Waals surface area contributed by atoms with Gasteiger partial charge in [-0.15, -0.1) is 12.4 Å². The van der Waals surface area contributed by atoms with Gasteiger partial charge < -0.3 is 5.32 Å². The predicted octanol–water partition coefficient (Wildman–Crippen LogP) is 2.97. The molecule has 0 aromatic heterocycles. The monoisotopic (exact) mass is 225 g/mol. The maximum absolute atomic E-state index is 3.61. The SMILES string of the molecule is CCCNC1CCc2ccccc2C1.Cl. The van der Waals surface area contributed by atoms with E-state index in [1.807, 2.05) is 0 Å². The first-order valence-electron chi connectivity index (χ1n) is 5.70. The summed E-state index contributed by atoms with van der Waals surface area (Å²) < 4.78 is 0. The molecular formula is C13H20ClN. The van der Waals surface area contributed by atoms with Gasteiger partial charge >= 0.3 is 0 Å². The summed E-state index contributed by atoms with van der Waals surface area (Å²) in [6.07, 6.45) is 5.00. The molecule has 1 nitrogen and oxygen atoms in total. The van der Waals surface area contributed by atoms with Gasteiger partial charge in [0.15, 0.2) is 0 Å². The van der Waals surface area contributed by atoms with E-state index in [4.69, 9.17) is 0 Å². The van der Waals surface area contributed by atoms with E-state index in [9.17, 15) is 0 Å². The Morgan fingerprint density at radius 2 is 2.00 bits per heavy atom. The molecule has 1 atom stereocenters. The summed E-state index contributed by atoms with van der Waals surface area (Å²) in [5.74, 6) is 0. The standard InChI is InChI=1S/C13H19N.ClH/c1-2-9-14-13-8-7-11-5-3-4-6-12(11)10-13;/h3-6,13-14H,2,7-10H2,1H3;1H. The first-order valence-corrected chi connectivity index (χ1v) is 5.70. The van der Waals surface area contributed by atoms with E-state index in [-0.39, 0.29) is 12.4 Å². The van der Waals surface area contributed by atoms with E-state index >= 15 is 0 Å². The van der Waals surface area contributed by atoms with Crippen molar-refractivity contribution in [3.8, 4) is 0 Å². The van der Waals surface area contributed by atoms with Gasteiger partial charge in [0, 0.05) is 6.04 Å². The van der Waals surface area contributed by atoms with Crippen molar-refractivity contribution in [2.45, 2.75) is 38.6 Å². The molecule has 0 amide bonds. The Morgan fingerprint density at radius 1 is 1.27 bits per heavy atom. The second kappa shape index (κ2) is 6.14. The number of nitrogens with one attached hydrogen (secondary N) is 1. The van der Waals surface area contributed by atoms with Crippen LogP contribution in [0.2, 0.25) is 0 Å². The molecular weight excluding hydrogens is 206 g/mol. The molecule has 0 heterocycles. The van der Waals surface area contributed by atoms with Crippen LogP contribution in [0.15, 0.2) is 24.3 Å². The average molecular weight is 226 g/mol. The number of hydrogen-bond donors (Lipinski definition) is 1. The van der Waals surface area contributed by atoms with Crippen molar-refractivity contribution in [3.05, 3.63) is 35.4 Å². The molecule has 84 valence electrons. The fourth-order valence-electron chi connectivity index (χ4n) is 2.22. The lowest BCUT2D eigenvalue weighted by atomic mass is 9.88. The molecule has 0 spiro atoms. The lowest BCUT2D eigenvalue weighted by molar-refractivity contribution is 0.459. The molecule has 0 saturated heterocycles. The van der Waals surface area contributed by atoms with Crippen LogP contribution in [0, 0.1) is 0 Å². The molecule has 2 rings (SSSR count). The molecule has 1 aromatic rings. The number of aryl methyl sites for hydroxylation is 1. The first kappa shape index (κ1) is 12.5. The van der Waals surface area contributed by atoms with Gasteiger partial charge in [-0.25, -0.2) is 0 Å². The largest absolute Gasteiger partial charge is 0.314 e. The van der Waals surface area contributed by atoms with Crippen molar-refractivity contribution in [3.63, 3.8) is 0 Å². The van der Waals surface area contributed by atoms with Crippen LogP contribution in [0.5, 0.6) is 0 Å². The van der Waals surface area contributed by atoms with E-state index < -0.39 is 0 Å². The summed E-state index contributed by atoms with van der Waals surface area (Å²) in [6, 6.07) is 9.56. The molecule has 0 bridgehead atoms. The Balaban J connectivity index is 0.00000112.